The molecular weight excluding hydrogens is 450 g/mol. The third-order valence-electron chi connectivity index (χ3n) is 10.9. The predicted octanol–water partition coefficient (Wildman–Crippen LogP) is 3.94. The second kappa shape index (κ2) is 7.70. The van der Waals surface area contributed by atoms with Crippen LogP contribution in [0.3, 0.4) is 0 Å². The van der Waals surface area contributed by atoms with E-state index in [2.05, 4.69) is 28.9 Å². The molecule has 1 aromatic heterocycles. The normalized spacial score (nSPS) is 36.7. The topological polar surface area (TPSA) is 76.6 Å². The van der Waals surface area contributed by atoms with Gasteiger partial charge in [-0.2, -0.15) is 0 Å². The van der Waals surface area contributed by atoms with Gasteiger partial charge in [0.1, 0.15) is 5.75 Å². The number of hydrogen-bond donors (Lipinski definition) is 2. The number of hydrogen-bond acceptors (Lipinski definition) is 4. The van der Waals surface area contributed by atoms with Crippen LogP contribution < -0.4 is 5.56 Å². The molecule has 190 valence electrons. The van der Waals surface area contributed by atoms with Crippen LogP contribution in [0.25, 0.3) is 0 Å². The van der Waals surface area contributed by atoms with E-state index in [1.807, 2.05) is 18.0 Å². The molecule has 2 aromatic rings. The minimum Gasteiger partial charge on any atom is -0.508 e. The molecule has 6 nitrogen and oxygen atoms in total. The molecule has 36 heavy (non-hydrogen) atoms. The summed E-state index contributed by atoms with van der Waals surface area (Å²) in [4.78, 5) is 33.0. The molecule has 3 saturated carbocycles. The summed E-state index contributed by atoms with van der Waals surface area (Å²) in [6, 6.07) is 9.90. The van der Waals surface area contributed by atoms with Crippen molar-refractivity contribution in [3.8, 4) is 5.75 Å². The maximum absolute atomic E-state index is 13.6. The zero-order chi connectivity index (χ0) is 24.8. The number of fused-ring (bicyclic) bond motifs is 1. The van der Waals surface area contributed by atoms with Gasteiger partial charge in [-0.25, -0.2) is 0 Å². The minimum absolute atomic E-state index is 0.0188. The van der Waals surface area contributed by atoms with Crippen molar-refractivity contribution < 1.29 is 9.90 Å². The number of H-pyrrole nitrogens is 1. The lowest BCUT2D eigenvalue weighted by Crippen LogP contribution is -2.70. The number of piperidine rings is 1. The third kappa shape index (κ3) is 2.94. The van der Waals surface area contributed by atoms with Crippen LogP contribution in [0.15, 0.2) is 41.3 Å². The number of aromatic nitrogens is 1. The standard InChI is InChI=1S/C30H37N3O3/c1-18-16-29-9-7-24(32(2)28(36)21-8-11-31-26(35)14-21)27(18)30(29)10-12-33(17-19-3-4-19)25(29)13-20-5-6-22(34)15-23(20)30/h5-6,8,11,14-15,18-19,24-25,27,34H,3-4,7,9-10,12-13,16-17H2,1-2H3,(H,31,35)/t18-,24?,25?,27?,29?,30?/m0/s1. The van der Waals surface area contributed by atoms with Crippen molar-refractivity contribution in [3.63, 3.8) is 0 Å². The van der Waals surface area contributed by atoms with Crippen LogP contribution in [-0.2, 0) is 11.8 Å². The summed E-state index contributed by atoms with van der Waals surface area (Å²) in [7, 11) is 1.94. The summed E-state index contributed by atoms with van der Waals surface area (Å²) in [6.07, 6.45) is 9.82. The van der Waals surface area contributed by atoms with Crippen molar-refractivity contribution in [2.24, 2.45) is 23.2 Å². The van der Waals surface area contributed by atoms with Crippen LogP contribution in [0, 0.1) is 23.2 Å². The molecular formula is C30H37N3O3. The van der Waals surface area contributed by atoms with Crippen LogP contribution >= 0.6 is 0 Å². The largest absolute Gasteiger partial charge is 0.508 e. The number of pyridine rings is 1. The van der Waals surface area contributed by atoms with Crippen molar-refractivity contribution in [3.05, 3.63) is 63.6 Å². The molecule has 5 aliphatic rings. The predicted molar refractivity (Wildman–Crippen MR) is 138 cm³/mol. The van der Waals surface area contributed by atoms with Crippen LogP contribution in [-0.4, -0.2) is 58.0 Å². The molecule has 5 unspecified atom stereocenters. The van der Waals surface area contributed by atoms with Crippen LogP contribution in [0.1, 0.15) is 66.9 Å². The maximum atomic E-state index is 13.6. The van der Waals surface area contributed by atoms with Gasteiger partial charge in [0.25, 0.3) is 5.91 Å². The molecule has 6 heteroatoms. The molecule has 0 radical (unpaired) electrons. The van der Waals surface area contributed by atoms with E-state index in [4.69, 9.17) is 0 Å². The van der Waals surface area contributed by atoms with E-state index in [-0.39, 0.29) is 28.3 Å². The number of aromatic hydroxyl groups is 1. The maximum Gasteiger partial charge on any atom is 0.254 e. The number of rotatable bonds is 4. The van der Waals surface area contributed by atoms with E-state index in [1.165, 1.54) is 43.0 Å². The van der Waals surface area contributed by atoms with E-state index in [0.29, 0.717) is 29.2 Å². The molecule has 2 N–H and O–H groups in total. The second-order valence-corrected chi connectivity index (χ2v) is 12.5. The Balaban J connectivity index is 1.34. The number of nitrogens with zero attached hydrogens (tertiary/aromatic N) is 2. The van der Waals surface area contributed by atoms with Crippen LogP contribution in [0.2, 0.25) is 0 Å². The first-order chi connectivity index (χ1) is 17.3. The number of amides is 1. The summed E-state index contributed by atoms with van der Waals surface area (Å²) < 4.78 is 0. The van der Waals surface area contributed by atoms with Gasteiger partial charge in [-0.15, -0.1) is 0 Å². The molecule has 1 aromatic carbocycles. The number of phenols is 1. The van der Waals surface area contributed by atoms with Gasteiger partial charge >= 0.3 is 0 Å². The van der Waals surface area contributed by atoms with Gasteiger partial charge in [0.2, 0.25) is 5.56 Å². The number of aromatic amines is 1. The highest BCUT2D eigenvalue weighted by Crippen LogP contribution is 2.74. The molecule has 2 heterocycles. The summed E-state index contributed by atoms with van der Waals surface area (Å²) >= 11 is 0. The van der Waals surface area contributed by atoms with E-state index in [9.17, 15) is 14.7 Å². The first-order valence-corrected chi connectivity index (χ1v) is 13.9. The number of benzene rings is 1. The summed E-state index contributed by atoms with van der Waals surface area (Å²) in [6.45, 7) is 4.76. The fourth-order valence-corrected chi connectivity index (χ4v) is 9.65. The molecule has 4 fully saturated rings. The molecule has 7 rings (SSSR count). The van der Waals surface area contributed by atoms with E-state index in [0.717, 1.165) is 38.1 Å². The first-order valence-electron chi connectivity index (χ1n) is 13.9. The van der Waals surface area contributed by atoms with Gasteiger partial charge in [-0.3, -0.25) is 14.5 Å². The Bertz CT molecular complexity index is 1280. The van der Waals surface area contributed by atoms with Crippen molar-refractivity contribution >= 4 is 5.91 Å². The number of carbonyl (C=O) groups is 1. The van der Waals surface area contributed by atoms with Gasteiger partial charge in [-0.1, -0.05) is 13.0 Å². The second-order valence-electron chi connectivity index (χ2n) is 12.5. The quantitative estimate of drug-likeness (QED) is 0.685. The number of carbonyl (C=O) groups excluding carboxylic acids is 1. The average Bonchev–Trinajstić information content (AvgIpc) is 3.65. The first kappa shape index (κ1) is 22.6. The smallest absolute Gasteiger partial charge is 0.254 e. The molecule has 6 atom stereocenters. The number of nitrogens with one attached hydrogen (secondary N) is 1. The molecule has 0 spiro atoms. The zero-order valence-corrected chi connectivity index (χ0v) is 21.4. The number of phenolic OH excluding ortho intramolecular Hbond substituents is 1. The lowest BCUT2D eigenvalue weighted by Gasteiger charge is -2.67. The monoisotopic (exact) mass is 487 g/mol. The number of likely N-dealkylation sites (tertiary alicyclic amines) is 1. The lowest BCUT2D eigenvalue weighted by atomic mass is 9.43. The Labute approximate surface area is 212 Å². The highest BCUT2D eigenvalue weighted by Gasteiger charge is 2.73. The van der Waals surface area contributed by atoms with Gasteiger partial charge in [-0.05, 0) is 104 Å². The summed E-state index contributed by atoms with van der Waals surface area (Å²) in [5, 5.41) is 10.6. The van der Waals surface area contributed by atoms with Gasteiger partial charge in [0.15, 0.2) is 0 Å². The Morgan fingerprint density at radius 3 is 2.81 bits per heavy atom. The van der Waals surface area contributed by atoms with E-state index in [1.54, 1.807) is 12.3 Å². The van der Waals surface area contributed by atoms with Gasteiger partial charge in [0.05, 0.1) is 0 Å². The van der Waals surface area contributed by atoms with Crippen molar-refractivity contribution in [2.45, 2.75) is 69.4 Å². The molecule has 1 aliphatic heterocycles. The highest BCUT2D eigenvalue weighted by molar-refractivity contribution is 5.94. The third-order valence-corrected chi connectivity index (χ3v) is 10.9. The molecule has 1 amide bonds. The van der Waals surface area contributed by atoms with Crippen LogP contribution in [0.4, 0.5) is 0 Å². The molecule has 1 saturated heterocycles. The van der Waals surface area contributed by atoms with Crippen molar-refractivity contribution in [1.82, 2.24) is 14.8 Å². The SMILES string of the molecule is C[C@H]1CC23CCC(N(C)C(=O)c4cc[nH]c(=O)c4)C1C21CCN(CC2CC2)C3Cc2ccc(O)cc21. The lowest BCUT2D eigenvalue weighted by molar-refractivity contribution is -0.105. The summed E-state index contributed by atoms with van der Waals surface area (Å²) in [5.74, 6) is 2.00. The zero-order valence-electron chi connectivity index (χ0n) is 21.4. The Kier molecular flexibility index (Phi) is 4.83. The van der Waals surface area contributed by atoms with Crippen molar-refractivity contribution in [2.75, 3.05) is 20.1 Å². The van der Waals surface area contributed by atoms with E-state index < -0.39 is 0 Å². The van der Waals surface area contributed by atoms with Gasteiger partial charge in [0, 0.05) is 48.9 Å². The highest BCUT2D eigenvalue weighted by atomic mass is 16.3. The Morgan fingerprint density at radius 1 is 1.19 bits per heavy atom. The van der Waals surface area contributed by atoms with Crippen molar-refractivity contribution in [1.29, 1.82) is 0 Å². The minimum atomic E-state index is -0.243. The van der Waals surface area contributed by atoms with Crippen LogP contribution in [0.5, 0.6) is 5.75 Å². The van der Waals surface area contributed by atoms with E-state index >= 15 is 0 Å². The van der Waals surface area contributed by atoms with Gasteiger partial charge < -0.3 is 15.0 Å². The Hall–Kier alpha value is -2.60. The fourth-order valence-electron chi connectivity index (χ4n) is 9.65. The summed E-state index contributed by atoms with van der Waals surface area (Å²) in [5.41, 5.74) is 3.16. The molecule has 4 bridgehead atoms. The Morgan fingerprint density at radius 2 is 2.03 bits per heavy atom. The average molecular weight is 488 g/mol. The fraction of sp³-hybridized carbons (Fsp3) is 0.600. The molecule has 4 aliphatic carbocycles.